The summed E-state index contributed by atoms with van der Waals surface area (Å²) < 4.78 is 12.2. The van der Waals surface area contributed by atoms with E-state index in [0.717, 1.165) is 13.1 Å². The third-order valence-corrected chi connectivity index (χ3v) is 1.80. The van der Waals surface area contributed by atoms with Gasteiger partial charge in [-0.1, -0.05) is 0 Å². The van der Waals surface area contributed by atoms with Crippen molar-refractivity contribution < 1.29 is 9.18 Å². The first-order valence-electron chi connectivity index (χ1n) is 3.57. The summed E-state index contributed by atoms with van der Waals surface area (Å²) in [6.45, 7) is 3.05. The van der Waals surface area contributed by atoms with Crippen LogP contribution in [0.2, 0.25) is 0 Å². The number of halogens is 1. The minimum absolute atomic E-state index is 0.258. The lowest BCUT2D eigenvalue weighted by molar-refractivity contribution is -0.124. The first kappa shape index (κ1) is 7.66. The van der Waals surface area contributed by atoms with Gasteiger partial charge in [-0.25, -0.2) is 4.39 Å². The Morgan fingerprint density at radius 2 is 2.40 bits per heavy atom. The molecule has 10 heavy (non-hydrogen) atoms. The van der Waals surface area contributed by atoms with Crippen molar-refractivity contribution in [3.8, 4) is 0 Å². The van der Waals surface area contributed by atoms with Crippen LogP contribution in [0.1, 0.15) is 13.3 Å². The van der Waals surface area contributed by atoms with Crippen molar-refractivity contribution in [1.82, 2.24) is 5.32 Å². The Morgan fingerprint density at radius 3 is 2.70 bits per heavy atom. The lowest BCUT2D eigenvalue weighted by atomic mass is 9.95. The number of carbonyl (C=O) groups is 1. The summed E-state index contributed by atoms with van der Waals surface area (Å²) in [5.41, 5.74) is 0. The number of ketones is 1. The van der Waals surface area contributed by atoms with Crippen LogP contribution in [0.15, 0.2) is 0 Å². The number of hydrogen-bond acceptors (Lipinski definition) is 2. The van der Waals surface area contributed by atoms with E-state index in [1.165, 1.54) is 6.92 Å². The third-order valence-electron chi connectivity index (χ3n) is 1.80. The molecule has 0 radical (unpaired) electrons. The molecule has 1 fully saturated rings. The summed E-state index contributed by atoms with van der Waals surface area (Å²) in [6.07, 6.45) is -0.870. The molecule has 3 heteroatoms. The van der Waals surface area contributed by atoms with Gasteiger partial charge in [-0.3, -0.25) is 4.79 Å². The SMILES string of the molecule is CC(F)C(=O)CC1CNC1. The van der Waals surface area contributed by atoms with Crippen LogP contribution < -0.4 is 5.32 Å². The van der Waals surface area contributed by atoms with Gasteiger partial charge in [0, 0.05) is 6.42 Å². The highest BCUT2D eigenvalue weighted by Crippen LogP contribution is 2.10. The zero-order valence-electron chi connectivity index (χ0n) is 6.06. The Balaban J connectivity index is 2.17. The second kappa shape index (κ2) is 3.10. The van der Waals surface area contributed by atoms with Gasteiger partial charge in [0.05, 0.1) is 0 Å². The van der Waals surface area contributed by atoms with Crippen LogP contribution in [-0.2, 0) is 4.79 Å². The summed E-state index contributed by atoms with van der Waals surface area (Å²) in [5, 5.41) is 3.03. The number of rotatable bonds is 3. The third kappa shape index (κ3) is 1.77. The molecular weight excluding hydrogens is 133 g/mol. The van der Waals surface area contributed by atoms with Gasteiger partial charge in [-0.2, -0.15) is 0 Å². The highest BCUT2D eigenvalue weighted by Gasteiger charge is 2.22. The minimum Gasteiger partial charge on any atom is -0.316 e. The van der Waals surface area contributed by atoms with Gasteiger partial charge >= 0.3 is 0 Å². The summed E-state index contributed by atoms with van der Waals surface area (Å²) >= 11 is 0. The van der Waals surface area contributed by atoms with E-state index in [1.807, 2.05) is 0 Å². The van der Waals surface area contributed by atoms with Gasteiger partial charge in [-0.05, 0) is 25.9 Å². The fourth-order valence-electron chi connectivity index (χ4n) is 0.940. The quantitative estimate of drug-likeness (QED) is 0.627. The van der Waals surface area contributed by atoms with E-state index < -0.39 is 6.17 Å². The van der Waals surface area contributed by atoms with E-state index in [4.69, 9.17) is 0 Å². The van der Waals surface area contributed by atoms with Gasteiger partial charge in [0.1, 0.15) is 0 Å². The normalized spacial score (nSPS) is 21.8. The maximum Gasteiger partial charge on any atom is 0.166 e. The standard InChI is InChI=1S/C7H12FNO/c1-5(8)7(10)2-6-3-9-4-6/h5-6,9H,2-4H2,1H3. The van der Waals surface area contributed by atoms with Gasteiger partial charge in [0.2, 0.25) is 0 Å². The van der Waals surface area contributed by atoms with Crippen LogP contribution in [0, 0.1) is 5.92 Å². The van der Waals surface area contributed by atoms with E-state index >= 15 is 0 Å². The Morgan fingerprint density at radius 1 is 1.80 bits per heavy atom. The predicted octanol–water partition coefficient (Wildman–Crippen LogP) is 0.523. The van der Waals surface area contributed by atoms with E-state index in [-0.39, 0.29) is 5.78 Å². The minimum atomic E-state index is -1.28. The average molecular weight is 145 g/mol. The molecule has 0 aromatic carbocycles. The lowest BCUT2D eigenvalue weighted by Crippen LogP contribution is -2.43. The number of carbonyl (C=O) groups excluding carboxylic acids is 1. The Kier molecular flexibility index (Phi) is 2.38. The lowest BCUT2D eigenvalue weighted by Gasteiger charge is -2.26. The number of Topliss-reactive ketones (excluding diaryl/α,β-unsaturated/α-hetero) is 1. The van der Waals surface area contributed by atoms with Crippen LogP contribution in [0.25, 0.3) is 0 Å². The molecule has 1 N–H and O–H groups in total. The van der Waals surface area contributed by atoms with Gasteiger partial charge < -0.3 is 5.32 Å². The molecule has 0 aromatic heterocycles. The van der Waals surface area contributed by atoms with Crippen LogP contribution in [0.5, 0.6) is 0 Å². The average Bonchev–Trinajstić information content (AvgIpc) is 1.77. The number of alkyl halides is 1. The fourth-order valence-corrected chi connectivity index (χ4v) is 0.940. The van der Waals surface area contributed by atoms with Crippen molar-refractivity contribution in [2.24, 2.45) is 5.92 Å². The molecule has 0 spiro atoms. The molecule has 0 bridgehead atoms. The Hall–Kier alpha value is -0.440. The molecule has 1 saturated heterocycles. The molecule has 1 unspecified atom stereocenters. The zero-order chi connectivity index (χ0) is 7.56. The molecule has 1 heterocycles. The first-order valence-corrected chi connectivity index (χ1v) is 3.57. The highest BCUT2D eigenvalue weighted by atomic mass is 19.1. The van der Waals surface area contributed by atoms with Crippen molar-refractivity contribution >= 4 is 5.78 Å². The summed E-state index contributed by atoms with van der Waals surface area (Å²) in [7, 11) is 0. The van der Waals surface area contributed by atoms with Crippen molar-refractivity contribution in [3.63, 3.8) is 0 Å². The molecule has 1 aliphatic rings. The topological polar surface area (TPSA) is 29.1 Å². The maximum absolute atomic E-state index is 12.2. The zero-order valence-corrected chi connectivity index (χ0v) is 6.06. The summed E-state index contributed by atoms with van der Waals surface area (Å²) in [4.78, 5) is 10.7. The molecule has 0 aromatic rings. The van der Waals surface area contributed by atoms with Crippen LogP contribution in [0.4, 0.5) is 4.39 Å². The largest absolute Gasteiger partial charge is 0.316 e. The van der Waals surface area contributed by atoms with Crippen molar-refractivity contribution in [1.29, 1.82) is 0 Å². The first-order chi connectivity index (χ1) is 4.70. The molecule has 58 valence electrons. The second-order valence-electron chi connectivity index (χ2n) is 2.81. The van der Waals surface area contributed by atoms with Crippen LogP contribution in [0.3, 0.4) is 0 Å². The Bertz CT molecular complexity index is 132. The summed E-state index contributed by atoms with van der Waals surface area (Å²) in [6, 6.07) is 0. The van der Waals surface area contributed by atoms with E-state index in [0.29, 0.717) is 12.3 Å². The van der Waals surface area contributed by atoms with Gasteiger partial charge in [0.15, 0.2) is 12.0 Å². The predicted molar refractivity (Wildman–Crippen MR) is 36.6 cm³/mol. The van der Waals surface area contributed by atoms with Gasteiger partial charge in [-0.15, -0.1) is 0 Å². The number of hydrogen-bond donors (Lipinski definition) is 1. The number of nitrogens with one attached hydrogen (secondary N) is 1. The fraction of sp³-hybridized carbons (Fsp3) is 0.857. The van der Waals surface area contributed by atoms with E-state index in [2.05, 4.69) is 5.32 Å². The Labute approximate surface area is 59.8 Å². The molecule has 1 rings (SSSR count). The molecule has 2 nitrogen and oxygen atoms in total. The van der Waals surface area contributed by atoms with Crippen LogP contribution in [-0.4, -0.2) is 25.0 Å². The van der Waals surface area contributed by atoms with Gasteiger partial charge in [0.25, 0.3) is 0 Å². The van der Waals surface area contributed by atoms with E-state index in [9.17, 15) is 9.18 Å². The van der Waals surface area contributed by atoms with Crippen molar-refractivity contribution in [3.05, 3.63) is 0 Å². The molecule has 0 aliphatic carbocycles. The second-order valence-corrected chi connectivity index (χ2v) is 2.81. The van der Waals surface area contributed by atoms with Crippen molar-refractivity contribution in [2.45, 2.75) is 19.5 Å². The molecule has 0 saturated carbocycles. The maximum atomic E-state index is 12.2. The van der Waals surface area contributed by atoms with E-state index in [1.54, 1.807) is 0 Å². The van der Waals surface area contributed by atoms with Crippen LogP contribution >= 0.6 is 0 Å². The molecular formula is C7H12FNO. The molecule has 1 atom stereocenters. The van der Waals surface area contributed by atoms with Crippen molar-refractivity contribution in [2.75, 3.05) is 13.1 Å². The highest BCUT2D eigenvalue weighted by molar-refractivity contribution is 5.82. The monoisotopic (exact) mass is 145 g/mol. The molecule has 1 aliphatic heterocycles. The smallest absolute Gasteiger partial charge is 0.166 e. The summed E-state index contributed by atoms with van der Waals surface area (Å²) in [5.74, 6) is 0.136. The molecule has 0 amide bonds.